The number of hydrogen-bond donors (Lipinski definition) is 1. The molecule has 1 saturated heterocycles. The van der Waals surface area contributed by atoms with Crippen LogP contribution in [0, 0.1) is 5.92 Å². The highest BCUT2D eigenvalue weighted by atomic mass is 16.5. The predicted molar refractivity (Wildman–Crippen MR) is 55.0 cm³/mol. The van der Waals surface area contributed by atoms with Crippen LogP contribution < -0.4 is 5.73 Å². The first-order valence-electron chi connectivity index (χ1n) is 5.27. The van der Waals surface area contributed by atoms with E-state index in [1.807, 2.05) is 0 Å². The molecule has 0 radical (unpaired) electrons. The molecule has 1 rings (SSSR count). The van der Waals surface area contributed by atoms with Crippen LogP contribution in [-0.2, 0) is 4.74 Å². The number of carbonyl (C=O) groups excluding carboxylic acids is 1. The SMILES string of the molecule is COCCCC1CCN(C(N)=O)CC1. The van der Waals surface area contributed by atoms with Crippen LogP contribution in [0.15, 0.2) is 0 Å². The summed E-state index contributed by atoms with van der Waals surface area (Å²) in [4.78, 5) is 12.6. The van der Waals surface area contributed by atoms with Gasteiger partial charge in [-0.15, -0.1) is 0 Å². The molecule has 0 atom stereocenters. The van der Waals surface area contributed by atoms with E-state index in [4.69, 9.17) is 10.5 Å². The lowest BCUT2D eigenvalue weighted by Crippen LogP contribution is -2.41. The van der Waals surface area contributed by atoms with Gasteiger partial charge in [0.15, 0.2) is 0 Å². The number of carbonyl (C=O) groups is 1. The second-order valence-electron chi connectivity index (χ2n) is 3.90. The number of amides is 2. The molecule has 1 fully saturated rings. The number of primary amides is 1. The van der Waals surface area contributed by atoms with Crippen molar-refractivity contribution in [3.63, 3.8) is 0 Å². The van der Waals surface area contributed by atoms with Gasteiger partial charge < -0.3 is 15.4 Å². The van der Waals surface area contributed by atoms with Gasteiger partial charge in [-0.05, 0) is 31.6 Å². The third-order valence-corrected chi connectivity index (χ3v) is 2.89. The van der Waals surface area contributed by atoms with Crippen molar-refractivity contribution in [1.82, 2.24) is 4.90 Å². The maximum Gasteiger partial charge on any atom is 0.314 e. The monoisotopic (exact) mass is 200 g/mol. The average molecular weight is 200 g/mol. The molecule has 82 valence electrons. The first-order chi connectivity index (χ1) is 6.74. The van der Waals surface area contributed by atoms with Gasteiger partial charge in [0.1, 0.15) is 0 Å². The molecule has 0 spiro atoms. The zero-order valence-electron chi connectivity index (χ0n) is 8.87. The number of piperidine rings is 1. The lowest BCUT2D eigenvalue weighted by molar-refractivity contribution is 0.160. The Kier molecular flexibility index (Phi) is 4.73. The highest BCUT2D eigenvalue weighted by molar-refractivity contribution is 5.72. The zero-order chi connectivity index (χ0) is 10.4. The maximum absolute atomic E-state index is 10.8. The zero-order valence-corrected chi connectivity index (χ0v) is 8.87. The molecule has 0 aliphatic carbocycles. The van der Waals surface area contributed by atoms with Crippen molar-refractivity contribution < 1.29 is 9.53 Å². The van der Waals surface area contributed by atoms with Crippen LogP contribution >= 0.6 is 0 Å². The van der Waals surface area contributed by atoms with Crippen molar-refractivity contribution >= 4 is 6.03 Å². The van der Waals surface area contributed by atoms with Gasteiger partial charge in [0.25, 0.3) is 0 Å². The van der Waals surface area contributed by atoms with E-state index < -0.39 is 0 Å². The summed E-state index contributed by atoms with van der Waals surface area (Å²) in [5.41, 5.74) is 5.20. The van der Waals surface area contributed by atoms with Crippen molar-refractivity contribution in [2.24, 2.45) is 11.7 Å². The summed E-state index contributed by atoms with van der Waals surface area (Å²) in [5.74, 6) is 0.751. The van der Waals surface area contributed by atoms with Gasteiger partial charge >= 0.3 is 6.03 Å². The van der Waals surface area contributed by atoms with Gasteiger partial charge in [-0.2, -0.15) is 0 Å². The molecule has 0 unspecified atom stereocenters. The number of nitrogens with zero attached hydrogens (tertiary/aromatic N) is 1. The minimum atomic E-state index is -0.277. The number of rotatable bonds is 4. The van der Waals surface area contributed by atoms with Gasteiger partial charge in [0, 0.05) is 26.8 Å². The summed E-state index contributed by atoms with van der Waals surface area (Å²) in [6, 6.07) is -0.277. The van der Waals surface area contributed by atoms with Crippen LogP contribution in [0.5, 0.6) is 0 Å². The lowest BCUT2D eigenvalue weighted by atomic mass is 9.92. The van der Waals surface area contributed by atoms with Crippen molar-refractivity contribution in [2.75, 3.05) is 26.8 Å². The Bertz CT molecular complexity index is 177. The number of hydrogen-bond acceptors (Lipinski definition) is 2. The average Bonchev–Trinajstić information content (AvgIpc) is 2.19. The van der Waals surface area contributed by atoms with Crippen molar-refractivity contribution in [1.29, 1.82) is 0 Å². The van der Waals surface area contributed by atoms with Crippen LogP contribution in [0.4, 0.5) is 4.79 Å². The fraction of sp³-hybridized carbons (Fsp3) is 0.900. The predicted octanol–water partition coefficient (Wildman–Crippen LogP) is 1.20. The molecule has 4 nitrogen and oxygen atoms in total. The Morgan fingerprint density at radius 3 is 2.64 bits per heavy atom. The topological polar surface area (TPSA) is 55.6 Å². The van der Waals surface area contributed by atoms with Gasteiger partial charge in [-0.3, -0.25) is 0 Å². The number of ether oxygens (including phenoxy) is 1. The molecule has 0 aromatic heterocycles. The fourth-order valence-electron chi connectivity index (χ4n) is 1.96. The van der Waals surface area contributed by atoms with Crippen LogP contribution in [0.2, 0.25) is 0 Å². The molecule has 1 aliphatic heterocycles. The Hall–Kier alpha value is -0.770. The van der Waals surface area contributed by atoms with E-state index in [1.54, 1.807) is 12.0 Å². The van der Waals surface area contributed by atoms with E-state index in [9.17, 15) is 4.79 Å². The molecule has 1 heterocycles. The first kappa shape index (κ1) is 11.3. The fourth-order valence-corrected chi connectivity index (χ4v) is 1.96. The smallest absolute Gasteiger partial charge is 0.314 e. The maximum atomic E-state index is 10.8. The number of nitrogens with two attached hydrogens (primary N) is 1. The van der Waals surface area contributed by atoms with E-state index in [2.05, 4.69) is 0 Å². The summed E-state index contributed by atoms with van der Waals surface area (Å²) in [6.45, 7) is 2.50. The van der Waals surface area contributed by atoms with Crippen molar-refractivity contribution in [3.05, 3.63) is 0 Å². The van der Waals surface area contributed by atoms with E-state index >= 15 is 0 Å². The van der Waals surface area contributed by atoms with Crippen molar-refractivity contribution in [3.8, 4) is 0 Å². The van der Waals surface area contributed by atoms with Crippen LogP contribution in [0.25, 0.3) is 0 Å². The Labute approximate surface area is 85.4 Å². The second kappa shape index (κ2) is 5.86. The standard InChI is InChI=1S/C10H20N2O2/c1-14-8-2-3-9-4-6-12(7-5-9)10(11)13/h9H,2-8H2,1H3,(H2,11,13). The molecule has 14 heavy (non-hydrogen) atoms. The molecule has 1 aliphatic rings. The molecule has 0 saturated carbocycles. The van der Waals surface area contributed by atoms with Crippen LogP contribution in [0.3, 0.4) is 0 Å². The summed E-state index contributed by atoms with van der Waals surface area (Å²) in [5, 5.41) is 0. The largest absolute Gasteiger partial charge is 0.385 e. The third-order valence-electron chi connectivity index (χ3n) is 2.89. The van der Waals surface area contributed by atoms with Gasteiger partial charge in [-0.1, -0.05) is 0 Å². The molecule has 2 amide bonds. The highest BCUT2D eigenvalue weighted by Crippen LogP contribution is 2.21. The quantitative estimate of drug-likeness (QED) is 0.693. The summed E-state index contributed by atoms with van der Waals surface area (Å²) < 4.78 is 5.01. The number of likely N-dealkylation sites (tertiary alicyclic amines) is 1. The molecule has 0 aromatic rings. The van der Waals surface area contributed by atoms with Gasteiger partial charge in [0.05, 0.1) is 0 Å². The lowest BCUT2D eigenvalue weighted by Gasteiger charge is -2.30. The Balaban J connectivity index is 2.12. The van der Waals surface area contributed by atoms with Gasteiger partial charge in [-0.25, -0.2) is 4.79 Å². The molecule has 4 heteroatoms. The normalized spacial score (nSPS) is 18.5. The number of methoxy groups -OCH3 is 1. The molecule has 2 N–H and O–H groups in total. The first-order valence-corrected chi connectivity index (χ1v) is 5.27. The minimum Gasteiger partial charge on any atom is -0.385 e. The molecular formula is C10H20N2O2. The highest BCUT2D eigenvalue weighted by Gasteiger charge is 2.20. The summed E-state index contributed by atoms with van der Waals surface area (Å²) >= 11 is 0. The number of urea groups is 1. The van der Waals surface area contributed by atoms with E-state index in [-0.39, 0.29) is 6.03 Å². The summed E-state index contributed by atoms with van der Waals surface area (Å²) in [7, 11) is 1.73. The third kappa shape index (κ3) is 3.54. The molecular weight excluding hydrogens is 180 g/mol. The van der Waals surface area contributed by atoms with Crippen molar-refractivity contribution in [2.45, 2.75) is 25.7 Å². The summed E-state index contributed by atoms with van der Waals surface area (Å²) in [6.07, 6.45) is 4.51. The van der Waals surface area contributed by atoms with E-state index in [0.29, 0.717) is 0 Å². The Morgan fingerprint density at radius 1 is 1.50 bits per heavy atom. The second-order valence-corrected chi connectivity index (χ2v) is 3.90. The van der Waals surface area contributed by atoms with E-state index in [1.165, 1.54) is 6.42 Å². The van der Waals surface area contributed by atoms with Gasteiger partial charge in [0.2, 0.25) is 0 Å². The van der Waals surface area contributed by atoms with Crippen LogP contribution in [0.1, 0.15) is 25.7 Å². The van der Waals surface area contributed by atoms with E-state index in [0.717, 1.165) is 44.9 Å². The molecule has 0 aromatic carbocycles. The minimum absolute atomic E-state index is 0.277. The van der Waals surface area contributed by atoms with Crippen LogP contribution in [-0.4, -0.2) is 37.7 Å². The Morgan fingerprint density at radius 2 is 2.14 bits per heavy atom. The molecule has 0 bridgehead atoms.